The van der Waals surface area contributed by atoms with Crippen molar-refractivity contribution in [2.24, 2.45) is 5.41 Å². The van der Waals surface area contributed by atoms with Crippen LogP contribution in [0.3, 0.4) is 0 Å². The number of fused-ring (bicyclic) bond motifs is 2. The van der Waals surface area contributed by atoms with Gasteiger partial charge in [-0.3, -0.25) is 0 Å². The Morgan fingerprint density at radius 2 is 1.72 bits per heavy atom. The summed E-state index contributed by atoms with van der Waals surface area (Å²) in [5.41, 5.74) is 7.74. The van der Waals surface area contributed by atoms with Crippen LogP contribution >= 0.6 is 24.8 Å². The molecule has 0 saturated carbocycles. The quantitative estimate of drug-likeness (QED) is 0.432. The summed E-state index contributed by atoms with van der Waals surface area (Å²) in [5.74, 6) is 0. The summed E-state index contributed by atoms with van der Waals surface area (Å²) in [6.07, 6.45) is 17.1. The summed E-state index contributed by atoms with van der Waals surface area (Å²) in [7, 11) is 0. The summed E-state index contributed by atoms with van der Waals surface area (Å²) in [5, 5.41) is 2.89. The van der Waals surface area contributed by atoms with E-state index in [2.05, 4.69) is 77.1 Å². The molecule has 0 amide bonds. The van der Waals surface area contributed by atoms with Gasteiger partial charge < -0.3 is 0 Å². The van der Waals surface area contributed by atoms with Crippen LogP contribution in [0.15, 0.2) is 54.1 Å². The first kappa shape index (κ1) is 24.7. The van der Waals surface area contributed by atoms with Crippen molar-refractivity contribution in [1.29, 1.82) is 0 Å². The van der Waals surface area contributed by atoms with Gasteiger partial charge in [0.1, 0.15) is 0 Å². The maximum atomic E-state index is 2.53. The van der Waals surface area contributed by atoms with Crippen molar-refractivity contribution in [3.05, 3.63) is 75.7 Å². The normalized spacial score (nSPS) is 21.5. The number of hydrogen-bond donors (Lipinski definition) is 0. The minimum atomic E-state index is -0.764. The van der Waals surface area contributed by atoms with E-state index in [1.807, 2.05) is 3.28 Å². The number of benzene rings is 1. The molecule has 1 aromatic carbocycles. The number of allylic oxidation sites excluding steroid dienone is 8. The monoisotopic (exact) mass is 504 g/mol. The van der Waals surface area contributed by atoms with Crippen molar-refractivity contribution in [2.75, 3.05) is 0 Å². The van der Waals surface area contributed by atoms with E-state index in [0.29, 0.717) is 0 Å². The van der Waals surface area contributed by atoms with Gasteiger partial charge in [-0.2, -0.15) is 0 Å². The van der Waals surface area contributed by atoms with E-state index in [0.717, 1.165) is 0 Å². The smallest absolute Gasteiger partial charge is 0.147 e. The second-order valence-corrected chi connectivity index (χ2v) is 12.0. The number of aryl methyl sites for hydroxylation is 2. The van der Waals surface area contributed by atoms with Gasteiger partial charge in [-0.25, -0.2) is 0 Å². The van der Waals surface area contributed by atoms with Gasteiger partial charge >= 0.3 is 176 Å². The maximum absolute atomic E-state index is 2.53. The van der Waals surface area contributed by atoms with Gasteiger partial charge in [0.15, 0.2) is 0 Å². The van der Waals surface area contributed by atoms with E-state index in [1.54, 1.807) is 14.4 Å². The number of unbranched alkanes of at least 4 members (excludes halogenated alkanes) is 1. The zero-order valence-electron chi connectivity index (χ0n) is 18.2. The molecule has 0 radical (unpaired) electrons. The third-order valence-corrected chi connectivity index (χ3v) is 11.0. The van der Waals surface area contributed by atoms with Crippen molar-refractivity contribution in [1.82, 2.24) is 0 Å². The number of rotatable bonds is 5. The fourth-order valence-electron chi connectivity index (χ4n) is 4.56. The molecule has 0 bridgehead atoms. The first-order valence-electron chi connectivity index (χ1n) is 10.3. The Labute approximate surface area is 200 Å². The molecular formula is C26H32Cl2Zr. The van der Waals surface area contributed by atoms with Gasteiger partial charge in [-0.1, -0.05) is 0 Å². The minimum Gasteiger partial charge on any atom is -0.147 e. The summed E-state index contributed by atoms with van der Waals surface area (Å²) >= 11 is -0.764. The zero-order valence-corrected chi connectivity index (χ0v) is 22.3. The van der Waals surface area contributed by atoms with E-state index >= 15 is 0 Å². The van der Waals surface area contributed by atoms with Gasteiger partial charge in [-0.15, -0.1) is 24.8 Å². The molecule has 4 rings (SSSR count). The molecule has 1 atom stereocenters. The molecule has 3 aliphatic rings. The van der Waals surface area contributed by atoms with Crippen LogP contribution in [-0.2, 0) is 23.2 Å². The van der Waals surface area contributed by atoms with Gasteiger partial charge in [-0.05, 0) is 0 Å². The van der Waals surface area contributed by atoms with E-state index in [-0.39, 0.29) is 30.2 Å². The molecule has 0 nitrogen and oxygen atoms in total. The Morgan fingerprint density at radius 3 is 2.38 bits per heavy atom. The van der Waals surface area contributed by atoms with Crippen LogP contribution in [0.1, 0.15) is 57.6 Å². The minimum absolute atomic E-state index is 0. The molecule has 1 unspecified atom stereocenters. The molecule has 0 aromatic heterocycles. The third-order valence-electron chi connectivity index (χ3n) is 6.69. The zero-order chi connectivity index (χ0) is 19.2. The molecule has 0 fully saturated rings. The van der Waals surface area contributed by atoms with Crippen molar-refractivity contribution in [3.8, 4) is 0 Å². The number of hydrogen-bond acceptors (Lipinski definition) is 0. The van der Waals surface area contributed by atoms with Crippen LogP contribution in [0.5, 0.6) is 0 Å². The summed E-state index contributed by atoms with van der Waals surface area (Å²) in [6.45, 7) is 11.7. The topological polar surface area (TPSA) is 0 Å². The molecule has 0 aliphatic heterocycles. The Hall–Kier alpha value is -0.617. The van der Waals surface area contributed by atoms with Crippen LogP contribution in [0.2, 0.25) is 0 Å². The molecule has 0 heterocycles. The van der Waals surface area contributed by atoms with Crippen LogP contribution in [-0.4, -0.2) is 0 Å². The molecule has 29 heavy (non-hydrogen) atoms. The fraction of sp³-hybridized carbons (Fsp3) is 0.385. The molecule has 0 spiro atoms. The Kier molecular flexibility index (Phi) is 8.22. The Morgan fingerprint density at radius 1 is 1.00 bits per heavy atom. The Balaban J connectivity index is 0.00000150. The summed E-state index contributed by atoms with van der Waals surface area (Å²) in [4.78, 5) is 0. The van der Waals surface area contributed by atoms with Crippen LogP contribution in [0.4, 0.5) is 0 Å². The second-order valence-electron chi connectivity index (χ2n) is 8.58. The van der Waals surface area contributed by atoms with Gasteiger partial charge in [0.05, 0.1) is 0 Å². The van der Waals surface area contributed by atoms with Crippen LogP contribution in [0.25, 0.3) is 11.6 Å². The molecular weight excluding hydrogens is 474 g/mol. The molecule has 154 valence electrons. The van der Waals surface area contributed by atoms with Gasteiger partial charge in [0, 0.05) is 0 Å². The third kappa shape index (κ3) is 4.39. The largest absolute Gasteiger partial charge is 0.147 e. The van der Waals surface area contributed by atoms with Crippen molar-refractivity contribution in [2.45, 2.75) is 60.3 Å². The van der Waals surface area contributed by atoms with E-state index in [9.17, 15) is 0 Å². The predicted molar refractivity (Wildman–Crippen MR) is 128 cm³/mol. The SMILES string of the molecule is CCCCC1(C)C(C)=CC2=c3cc(C)c(C)cc3=CC2=[C]1[Zr][C]1=CC=CC1.Cl.Cl. The predicted octanol–water partition coefficient (Wildman–Crippen LogP) is 6.43. The van der Waals surface area contributed by atoms with Crippen LogP contribution in [0, 0.1) is 19.3 Å². The molecule has 3 aliphatic carbocycles. The first-order valence-corrected chi connectivity index (χ1v) is 12.8. The van der Waals surface area contributed by atoms with E-state index in [1.165, 1.54) is 52.8 Å². The van der Waals surface area contributed by atoms with E-state index < -0.39 is 23.2 Å². The molecule has 0 saturated heterocycles. The van der Waals surface area contributed by atoms with Crippen LogP contribution < -0.4 is 10.4 Å². The standard InChI is InChI=1S/C21H25.C5H5.2ClH.Zr/c1-6-7-8-21(5)13-18-12-17-9-14(2)15(3)10-19(17)20(18)11-16(21)4;1-2-4-5-3-1;;;/h9-12H,6-8H2,1-5H3;1-3H,4H2;2*1H;. The summed E-state index contributed by atoms with van der Waals surface area (Å²) < 4.78 is 3.55. The average molecular weight is 507 g/mol. The average Bonchev–Trinajstić information content (AvgIpc) is 3.26. The second kappa shape index (κ2) is 9.68. The molecule has 0 N–H and O–H groups in total. The molecule has 1 aromatic rings. The van der Waals surface area contributed by atoms with Crippen molar-refractivity contribution in [3.63, 3.8) is 0 Å². The van der Waals surface area contributed by atoms with E-state index in [4.69, 9.17) is 0 Å². The first-order chi connectivity index (χ1) is 12.9. The number of halogens is 2. The van der Waals surface area contributed by atoms with Crippen molar-refractivity contribution >= 4 is 36.5 Å². The molecule has 3 heteroatoms. The van der Waals surface area contributed by atoms with Gasteiger partial charge in [0.2, 0.25) is 0 Å². The fourth-order valence-corrected chi connectivity index (χ4v) is 8.64. The van der Waals surface area contributed by atoms with Crippen molar-refractivity contribution < 1.29 is 23.2 Å². The maximum Gasteiger partial charge on any atom is -0.147 e. The van der Waals surface area contributed by atoms with Gasteiger partial charge in [0.25, 0.3) is 0 Å². The Bertz CT molecular complexity index is 1050. The summed E-state index contributed by atoms with van der Waals surface area (Å²) in [6, 6.07) is 4.82.